The van der Waals surface area contributed by atoms with Gasteiger partial charge in [-0.15, -0.1) is 0 Å². The maximum atomic E-state index is 13.3. The minimum absolute atomic E-state index is 0.228. The summed E-state index contributed by atoms with van der Waals surface area (Å²) < 4.78 is 31.3. The van der Waals surface area contributed by atoms with Gasteiger partial charge in [0.15, 0.2) is 11.6 Å². The molecule has 1 aromatic carbocycles. The molecule has 0 saturated carbocycles. The average molecular weight is 271 g/mol. The fourth-order valence-corrected chi connectivity index (χ4v) is 1.75. The van der Waals surface area contributed by atoms with E-state index >= 15 is 0 Å². The van der Waals surface area contributed by atoms with E-state index in [2.05, 4.69) is 5.32 Å². The molecule has 1 atom stereocenters. The van der Waals surface area contributed by atoms with Crippen LogP contribution in [0.5, 0.6) is 0 Å². The molecule has 19 heavy (non-hydrogen) atoms. The zero-order valence-corrected chi connectivity index (χ0v) is 11.4. The number of nitrogens with one attached hydrogen (secondary N) is 1. The number of rotatable bonds is 6. The van der Waals surface area contributed by atoms with Crippen molar-refractivity contribution in [1.29, 1.82) is 0 Å². The molecule has 0 spiro atoms. The van der Waals surface area contributed by atoms with E-state index < -0.39 is 23.1 Å². The van der Waals surface area contributed by atoms with Crippen molar-refractivity contribution in [2.45, 2.75) is 32.7 Å². The van der Waals surface area contributed by atoms with E-state index in [1.54, 1.807) is 13.8 Å². The van der Waals surface area contributed by atoms with E-state index in [-0.39, 0.29) is 6.61 Å². The standard InChI is InChI=1S/C14H19F2NO2/c1-4-8-17-14(3,13(18)19-5-2)10-6-7-11(15)12(16)9-10/h6-7,9,17H,4-5,8H2,1-3H3. The molecule has 3 nitrogen and oxygen atoms in total. The molecule has 106 valence electrons. The molecule has 0 radical (unpaired) electrons. The van der Waals surface area contributed by atoms with Gasteiger partial charge >= 0.3 is 5.97 Å². The number of esters is 1. The van der Waals surface area contributed by atoms with E-state index in [4.69, 9.17) is 4.74 Å². The number of benzene rings is 1. The molecule has 1 aromatic rings. The third-order valence-corrected chi connectivity index (χ3v) is 2.91. The fourth-order valence-electron chi connectivity index (χ4n) is 1.75. The smallest absolute Gasteiger partial charge is 0.330 e. The summed E-state index contributed by atoms with van der Waals surface area (Å²) >= 11 is 0. The Morgan fingerprint density at radius 3 is 2.53 bits per heavy atom. The molecule has 0 heterocycles. The second-order valence-electron chi connectivity index (χ2n) is 4.40. The highest BCUT2D eigenvalue weighted by molar-refractivity contribution is 5.82. The van der Waals surface area contributed by atoms with E-state index in [0.717, 1.165) is 18.6 Å². The summed E-state index contributed by atoms with van der Waals surface area (Å²) in [6, 6.07) is 3.42. The molecule has 0 fully saturated rings. The van der Waals surface area contributed by atoms with Crippen molar-refractivity contribution in [3.63, 3.8) is 0 Å². The van der Waals surface area contributed by atoms with Crippen LogP contribution in [0.3, 0.4) is 0 Å². The van der Waals surface area contributed by atoms with Gasteiger partial charge in [0, 0.05) is 0 Å². The number of hydrogen-bond acceptors (Lipinski definition) is 3. The third kappa shape index (κ3) is 3.50. The number of carbonyl (C=O) groups excluding carboxylic acids is 1. The monoisotopic (exact) mass is 271 g/mol. The van der Waals surface area contributed by atoms with Gasteiger partial charge < -0.3 is 4.74 Å². The maximum Gasteiger partial charge on any atom is 0.330 e. The highest BCUT2D eigenvalue weighted by Gasteiger charge is 2.36. The SMILES string of the molecule is CCCNC(C)(C(=O)OCC)c1ccc(F)c(F)c1. The first kappa shape index (κ1) is 15.6. The predicted molar refractivity (Wildman–Crippen MR) is 68.6 cm³/mol. The molecule has 5 heteroatoms. The number of carbonyl (C=O) groups is 1. The van der Waals surface area contributed by atoms with Crippen LogP contribution in [-0.2, 0) is 15.1 Å². The highest BCUT2D eigenvalue weighted by atomic mass is 19.2. The summed E-state index contributed by atoms with van der Waals surface area (Å²) in [6.45, 7) is 6.04. The Bertz CT molecular complexity index is 451. The molecule has 0 saturated heterocycles. The van der Waals surface area contributed by atoms with Gasteiger partial charge in [0.25, 0.3) is 0 Å². The van der Waals surface area contributed by atoms with Crippen LogP contribution in [0.2, 0.25) is 0 Å². The van der Waals surface area contributed by atoms with Crippen LogP contribution in [0.1, 0.15) is 32.8 Å². The molecular weight excluding hydrogens is 252 g/mol. The fraction of sp³-hybridized carbons (Fsp3) is 0.500. The average Bonchev–Trinajstić information content (AvgIpc) is 2.39. The van der Waals surface area contributed by atoms with Crippen LogP contribution in [0, 0.1) is 11.6 Å². The Kier molecular flexibility index (Phi) is 5.42. The Morgan fingerprint density at radius 2 is 2.00 bits per heavy atom. The quantitative estimate of drug-likeness (QED) is 0.808. The second kappa shape index (κ2) is 6.61. The van der Waals surface area contributed by atoms with E-state index in [1.165, 1.54) is 6.07 Å². The van der Waals surface area contributed by atoms with Crippen LogP contribution in [0.15, 0.2) is 18.2 Å². The van der Waals surface area contributed by atoms with Crippen LogP contribution in [-0.4, -0.2) is 19.1 Å². The van der Waals surface area contributed by atoms with Crippen LogP contribution < -0.4 is 5.32 Å². The molecule has 0 aliphatic heterocycles. The van der Waals surface area contributed by atoms with Crippen molar-refractivity contribution in [2.24, 2.45) is 0 Å². The Morgan fingerprint density at radius 1 is 1.32 bits per heavy atom. The Labute approximate surface area is 112 Å². The van der Waals surface area contributed by atoms with Crippen molar-refractivity contribution < 1.29 is 18.3 Å². The van der Waals surface area contributed by atoms with Gasteiger partial charge in [0.05, 0.1) is 6.61 Å². The van der Waals surface area contributed by atoms with Crippen LogP contribution >= 0.6 is 0 Å². The Hall–Kier alpha value is -1.49. The lowest BCUT2D eigenvalue weighted by Crippen LogP contribution is -2.48. The van der Waals surface area contributed by atoms with Gasteiger partial charge in [-0.3, -0.25) is 5.32 Å². The van der Waals surface area contributed by atoms with Crippen molar-refractivity contribution in [3.05, 3.63) is 35.4 Å². The van der Waals surface area contributed by atoms with Crippen LogP contribution in [0.4, 0.5) is 8.78 Å². The number of hydrogen-bond donors (Lipinski definition) is 1. The molecule has 0 bridgehead atoms. The van der Waals surface area contributed by atoms with Crippen molar-refractivity contribution in [2.75, 3.05) is 13.2 Å². The topological polar surface area (TPSA) is 38.3 Å². The molecule has 1 unspecified atom stereocenters. The lowest BCUT2D eigenvalue weighted by molar-refractivity contribution is -0.151. The molecule has 1 N–H and O–H groups in total. The van der Waals surface area contributed by atoms with Gasteiger partial charge in [0.2, 0.25) is 0 Å². The molecule has 0 aliphatic rings. The van der Waals surface area contributed by atoms with Gasteiger partial charge in [-0.05, 0) is 44.5 Å². The van der Waals surface area contributed by atoms with Gasteiger partial charge in [-0.25, -0.2) is 13.6 Å². The molecule has 1 rings (SSSR count). The normalized spacial score (nSPS) is 13.9. The zero-order chi connectivity index (χ0) is 14.5. The van der Waals surface area contributed by atoms with Crippen LogP contribution in [0.25, 0.3) is 0 Å². The van der Waals surface area contributed by atoms with Gasteiger partial charge in [0.1, 0.15) is 5.54 Å². The first-order valence-corrected chi connectivity index (χ1v) is 6.33. The summed E-state index contributed by atoms with van der Waals surface area (Å²) in [5, 5.41) is 3.03. The minimum Gasteiger partial charge on any atom is -0.464 e. The summed E-state index contributed by atoms with van der Waals surface area (Å²) in [7, 11) is 0. The lowest BCUT2D eigenvalue weighted by atomic mass is 9.91. The zero-order valence-electron chi connectivity index (χ0n) is 11.4. The molecule has 0 aliphatic carbocycles. The van der Waals surface area contributed by atoms with Crippen molar-refractivity contribution >= 4 is 5.97 Å². The number of halogens is 2. The van der Waals surface area contributed by atoms with E-state index in [1.807, 2.05) is 6.92 Å². The van der Waals surface area contributed by atoms with Gasteiger partial charge in [-0.1, -0.05) is 13.0 Å². The minimum atomic E-state index is -1.18. The summed E-state index contributed by atoms with van der Waals surface area (Å²) in [4.78, 5) is 12.1. The van der Waals surface area contributed by atoms with Crippen molar-refractivity contribution in [3.8, 4) is 0 Å². The van der Waals surface area contributed by atoms with Crippen molar-refractivity contribution in [1.82, 2.24) is 5.32 Å². The number of ether oxygens (including phenoxy) is 1. The predicted octanol–water partition coefficient (Wildman–Crippen LogP) is 2.74. The second-order valence-corrected chi connectivity index (χ2v) is 4.40. The highest BCUT2D eigenvalue weighted by Crippen LogP contribution is 2.24. The first-order valence-electron chi connectivity index (χ1n) is 6.33. The molecule has 0 aromatic heterocycles. The molecular formula is C14H19F2NO2. The Balaban J connectivity index is 3.14. The summed E-state index contributed by atoms with van der Waals surface area (Å²) in [5.74, 6) is -2.42. The summed E-state index contributed by atoms with van der Waals surface area (Å²) in [6.07, 6.45) is 0.804. The van der Waals surface area contributed by atoms with E-state index in [0.29, 0.717) is 12.1 Å². The van der Waals surface area contributed by atoms with Gasteiger partial charge in [-0.2, -0.15) is 0 Å². The lowest BCUT2D eigenvalue weighted by Gasteiger charge is -2.29. The first-order chi connectivity index (χ1) is 8.95. The largest absolute Gasteiger partial charge is 0.464 e. The van der Waals surface area contributed by atoms with E-state index in [9.17, 15) is 13.6 Å². The molecule has 0 amide bonds. The maximum absolute atomic E-state index is 13.3. The summed E-state index contributed by atoms with van der Waals surface area (Å²) in [5.41, 5.74) is -0.834. The third-order valence-electron chi connectivity index (χ3n) is 2.91.